The molecule has 0 bridgehead atoms. The molecule has 2 unspecified atom stereocenters. The maximum atomic E-state index is 13.0. The van der Waals surface area contributed by atoms with Gasteiger partial charge in [0.15, 0.2) is 6.61 Å². The quantitative estimate of drug-likeness (QED) is 0.482. The van der Waals surface area contributed by atoms with Crippen LogP contribution >= 0.6 is 39.1 Å². The summed E-state index contributed by atoms with van der Waals surface area (Å²) in [5.74, 6) is -0.138. The van der Waals surface area contributed by atoms with E-state index in [-0.39, 0.29) is 31.0 Å². The first-order valence-corrected chi connectivity index (χ1v) is 11.2. The van der Waals surface area contributed by atoms with Crippen molar-refractivity contribution in [1.29, 1.82) is 0 Å². The Morgan fingerprint density at radius 2 is 1.80 bits per heavy atom. The summed E-state index contributed by atoms with van der Waals surface area (Å²) in [4.78, 5) is 27.2. The van der Waals surface area contributed by atoms with Crippen LogP contribution in [0.3, 0.4) is 0 Å². The molecule has 2 amide bonds. The van der Waals surface area contributed by atoms with Gasteiger partial charge in [-0.2, -0.15) is 0 Å². The van der Waals surface area contributed by atoms with E-state index in [0.29, 0.717) is 15.8 Å². The highest BCUT2D eigenvalue weighted by Gasteiger charge is 2.27. The van der Waals surface area contributed by atoms with Crippen molar-refractivity contribution in [2.24, 2.45) is 0 Å². The number of carbonyl (C=O) groups excluding carboxylic acids is 2. The molecule has 2 atom stereocenters. The van der Waals surface area contributed by atoms with Crippen molar-refractivity contribution in [2.75, 3.05) is 6.61 Å². The van der Waals surface area contributed by atoms with Gasteiger partial charge < -0.3 is 15.0 Å². The molecule has 0 aliphatic heterocycles. The number of carbonyl (C=O) groups is 2. The average molecular weight is 516 g/mol. The van der Waals surface area contributed by atoms with Gasteiger partial charge in [-0.3, -0.25) is 9.59 Å². The van der Waals surface area contributed by atoms with Crippen molar-refractivity contribution >= 4 is 50.9 Å². The monoisotopic (exact) mass is 514 g/mol. The van der Waals surface area contributed by atoms with E-state index in [4.69, 9.17) is 27.9 Å². The lowest BCUT2D eigenvalue weighted by Crippen LogP contribution is -2.50. The Morgan fingerprint density at radius 3 is 2.40 bits per heavy atom. The van der Waals surface area contributed by atoms with Crippen molar-refractivity contribution in [3.8, 4) is 5.75 Å². The predicted molar refractivity (Wildman–Crippen MR) is 124 cm³/mol. The van der Waals surface area contributed by atoms with Crippen molar-refractivity contribution in [1.82, 2.24) is 10.2 Å². The number of hydrogen-bond donors (Lipinski definition) is 1. The van der Waals surface area contributed by atoms with Gasteiger partial charge in [-0.05, 0) is 56.2 Å². The van der Waals surface area contributed by atoms with E-state index in [9.17, 15) is 9.59 Å². The van der Waals surface area contributed by atoms with E-state index in [0.717, 1.165) is 16.5 Å². The Bertz CT molecular complexity index is 877. The van der Waals surface area contributed by atoms with Crippen LogP contribution in [0.15, 0.2) is 46.9 Å². The molecule has 0 aliphatic carbocycles. The SMILES string of the molecule is CCC(C)NC(=O)C(C)N(Cc1ccc(Cl)cc1)C(=O)COc1ccc(Br)cc1Cl. The fraction of sp³-hybridized carbons (Fsp3) is 0.364. The zero-order valence-electron chi connectivity index (χ0n) is 17.1. The highest BCUT2D eigenvalue weighted by atomic mass is 79.9. The molecule has 2 aromatic rings. The topological polar surface area (TPSA) is 58.6 Å². The maximum Gasteiger partial charge on any atom is 0.261 e. The highest BCUT2D eigenvalue weighted by molar-refractivity contribution is 9.10. The lowest BCUT2D eigenvalue weighted by molar-refractivity contribution is -0.142. The molecule has 0 radical (unpaired) electrons. The molecule has 5 nitrogen and oxygen atoms in total. The van der Waals surface area contributed by atoms with Crippen LogP contribution in [0.2, 0.25) is 10.0 Å². The molecular weight excluding hydrogens is 491 g/mol. The van der Waals surface area contributed by atoms with Crippen LogP contribution in [-0.2, 0) is 16.1 Å². The summed E-state index contributed by atoms with van der Waals surface area (Å²) in [5, 5.41) is 3.92. The summed E-state index contributed by atoms with van der Waals surface area (Å²) in [6.45, 7) is 5.63. The van der Waals surface area contributed by atoms with Gasteiger partial charge >= 0.3 is 0 Å². The zero-order chi connectivity index (χ0) is 22.3. The standard InChI is InChI=1S/C22H25BrCl2N2O3/c1-4-14(2)26-22(29)15(3)27(12-16-5-8-18(24)9-6-16)21(28)13-30-20-10-7-17(23)11-19(20)25/h5-11,14-15H,4,12-13H2,1-3H3,(H,26,29). The molecule has 0 aliphatic rings. The van der Waals surface area contributed by atoms with Crippen LogP contribution in [0.4, 0.5) is 0 Å². The number of halogens is 3. The Labute approximate surface area is 195 Å². The Balaban J connectivity index is 2.16. The van der Waals surface area contributed by atoms with Crippen molar-refractivity contribution < 1.29 is 14.3 Å². The van der Waals surface area contributed by atoms with Gasteiger partial charge in [-0.15, -0.1) is 0 Å². The molecule has 0 heterocycles. The lowest BCUT2D eigenvalue weighted by atomic mass is 10.1. The van der Waals surface area contributed by atoms with Crippen LogP contribution in [0, 0.1) is 0 Å². The van der Waals surface area contributed by atoms with E-state index >= 15 is 0 Å². The van der Waals surface area contributed by atoms with Crippen LogP contribution in [0.25, 0.3) is 0 Å². The van der Waals surface area contributed by atoms with Gasteiger partial charge in [0.25, 0.3) is 5.91 Å². The second kappa shape index (κ2) is 11.6. The minimum atomic E-state index is -0.675. The molecule has 0 spiro atoms. The van der Waals surface area contributed by atoms with Gasteiger partial charge in [0, 0.05) is 22.1 Å². The summed E-state index contributed by atoms with van der Waals surface area (Å²) in [5.41, 5.74) is 0.859. The third-order valence-electron chi connectivity index (χ3n) is 4.68. The minimum Gasteiger partial charge on any atom is -0.482 e. The predicted octanol–water partition coefficient (Wildman–Crippen LogP) is 5.47. The lowest BCUT2D eigenvalue weighted by Gasteiger charge is -2.29. The van der Waals surface area contributed by atoms with Gasteiger partial charge in [-0.1, -0.05) is 58.2 Å². The highest BCUT2D eigenvalue weighted by Crippen LogP contribution is 2.27. The molecule has 0 saturated carbocycles. The summed E-state index contributed by atoms with van der Waals surface area (Å²) in [6, 6.07) is 11.7. The van der Waals surface area contributed by atoms with Crippen molar-refractivity contribution in [2.45, 2.75) is 45.8 Å². The Hall–Kier alpha value is -1.76. The smallest absolute Gasteiger partial charge is 0.261 e. The molecule has 8 heteroatoms. The number of benzene rings is 2. The zero-order valence-corrected chi connectivity index (χ0v) is 20.2. The Kier molecular flexibility index (Phi) is 9.46. The number of ether oxygens (including phenoxy) is 1. The number of amides is 2. The van der Waals surface area contributed by atoms with Crippen LogP contribution < -0.4 is 10.1 Å². The first kappa shape index (κ1) is 24.5. The number of nitrogens with zero attached hydrogens (tertiary/aromatic N) is 1. The molecule has 30 heavy (non-hydrogen) atoms. The number of hydrogen-bond acceptors (Lipinski definition) is 3. The van der Waals surface area contributed by atoms with E-state index in [2.05, 4.69) is 21.2 Å². The summed E-state index contributed by atoms with van der Waals surface area (Å²) >= 11 is 15.5. The summed E-state index contributed by atoms with van der Waals surface area (Å²) < 4.78 is 6.44. The van der Waals surface area contributed by atoms with Crippen LogP contribution in [0.5, 0.6) is 5.75 Å². The minimum absolute atomic E-state index is 0.0188. The second-order valence-corrected chi connectivity index (χ2v) is 8.76. The molecule has 0 aromatic heterocycles. The maximum absolute atomic E-state index is 13.0. The van der Waals surface area contributed by atoms with E-state index in [1.807, 2.05) is 26.0 Å². The van der Waals surface area contributed by atoms with Gasteiger partial charge in [0.2, 0.25) is 5.91 Å². The van der Waals surface area contributed by atoms with E-state index in [1.165, 1.54) is 4.90 Å². The Morgan fingerprint density at radius 1 is 1.13 bits per heavy atom. The average Bonchev–Trinajstić information content (AvgIpc) is 2.71. The molecule has 0 saturated heterocycles. The molecule has 0 fully saturated rings. The van der Waals surface area contributed by atoms with E-state index in [1.54, 1.807) is 37.3 Å². The van der Waals surface area contributed by atoms with E-state index < -0.39 is 6.04 Å². The van der Waals surface area contributed by atoms with Gasteiger partial charge in [-0.25, -0.2) is 0 Å². The second-order valence-electron chi connectivity index (χ2n) is 7.01. The summed E-state index contributed by atoms with van der Waals surface area (Å²) in [6.07, 6.45) is 0.800. The van der Waals surface area contributed by atoms with Crippen molar-refractivity contribution in [3.05, 3.63) is 62.5 Å². The van der Waals surface area contributed by atoms with Gasteiger partial charge in [0.05, 0.1) is 5.02 Å². The van der Waals surface area contributed by atoms with Crippen LogP contribution in [-0.4, -0.2) is 35.4 Å². The molecule has 1 N–H and O–H groups in total. The largest absolute Gasteiger partial charge is 0.482 e. The third kappa shape index (κ3) is 7.18. The molecule has 2 aromatic carbocycles. The van der Waals surface area contributed by atoms with Crippen molar-refractivity contribution in [3.63, 3.8) is 0 Å². The molecule has 2 rings (SSSR count). The normalized spacial score (nSPS) is 12.7. The molecular formula is C22H25BrCl2N2O3. The molecule has 162 valence electrons. The first-order chi connectivity index (χ1) is 14.2. The summed E-state index contributed by atoms with van der Waals surface area (Å²) in [7, 11) is 0. The number of nitrogens with one attached hydrogen (secondary N) is 1. The van der Waals surface area contributed by atoms with Crippen LogP contribution in [0.1, 0.15) is 32.8 Å². The third-order valence-corrected chi connectivity index (χ3v) is 5.72. The number of rotatable bonds is 9. The van der Waals surface area contributed by atoms with Gasteiger partial charge in [0.1, 0.15) is 11.8 Å². The fourth-order valence-corrected chi connectivity index (χ4v) is 3.50. The first-order valence-electron chi connectivity index (χ1n) is 9.63. The fourth-order valence-electron chi connectivity index (χ4n) is 2.65.